The number of carbonyl (C=O) groups excluding carboxylic acids is 1. The summed E-state index contributed by atoms with van der Waals surface area (Å²) in [5.74, 6) is -1.06. The SMILES string of the molecule is O=C(Nc1ccc(S(=O)(=O)Cl)cc1)c1cc(F)cc(Br)c1. The number of nitrogens with one attached hydrogen (secondary N) is 1. The van der Waals surface area contributed by atoms with Crippen LogP contribution in [-0.4, -0.2) is 14.3 Å². The predicted molar refractivity (Wildman–Crippen MR) is 81.5 cm³/mol. The molecule has 0 saturated carbocycles. The highest BCUT2D eigenvalue weighted by Gasteiger charge is 2.11. The van der Waals surface area contributed by atoms with E-state index in [1.165, 1.54) is 36.4 Å². The van der Waals surface area contributed by atoms with Crippen molar-refractivity contribution in [3.63, 3.8) is 0 Å². The van der Waals surface area contributed by atoms with E-state index in [1.807, 2.05) is 0 Å². The van der Waals surface area contributed by atoms with Gasteiger partial charge in [0.25, 0.3) is 15.0 Å². The van der Waals surface area contributed by atoms with Crippen LogP contribution in [0.3, 0.4) is 0 Å². The molecule has 0 aromatic heterocycles. The Balaban J connectivity index is 2.20. The van der Waals surface area contributed by atoms with Gasteiger partial charge in [-0.1, -0.05) is 15.9 Å². The smallest absolute Gasteiger partial charge is 0.261 e. The van der Waals surface area contributed by atoms with Crippen LogP contribution in [0.2, 0.25) is 0 Å². The van der Waals surface area contributed by atoms with E-state index in [4.69, 9.17) is 10.7 Å². The number of hydrogen-bond donors (Lipinski definition) is 1. The Hall–Kier alpha value is -1.44. The fraction of sp³-hybridized carbons (Fsp3) is 0. The van der Waals surface area contributed by atoms with Crippen molar-refractivity contribution in [2.45, 2.75) is 4.90 Å². The average Bonchev–Trinajstić information content (AvgIpc) is 2.37. The Labute approximate surface area is 133 Å². The third-order valence-electron chi connectivity index (χ3n) is 2.52. The second kappa shape index (κ2) is 6.13. The van der Waals surface area contributed by atoms with E-state index in [1.54, 1.807) is 0 Å². The van der Waals surface area contributed by atoms with Crippen molar-refractivity contribution in [3.05, 3.63) is 58.3 Å². The molecule has 0 aliphatic carbocycles. The zero-order valence-electron chi connectivity index (χ0n) is 10.3. The van der Waals surface area contributed by atoms with Gasteiger partial charge in [-0.2, -0.15) is 0 Å². The second-order valence-electron chi connectivity index (χ2n) is 4.07. The second-order valence-corrected chi connectivity index (χ2v) is 7.56. The molecule has 8 heteroatoms. The summed E-state index contributed by atoms with van der Waals surface area (Å²) in [5.41, 5.74) is 0.500. The third kappa shape index (κ3) is 4.26. The van der Waals surface area contributed by atoms with Crippen LogP contribution < -0.4 is 5.32 Å². The van der Waals surface area contributed by atoms with Gasteiger partial charge in [0.05, 0.1) is 4.90 Å². The quantitative estimate of drug-likeness (QED) is 0.809. The van der Waals surface area contributed by atoms with Crippen molar-refractivity contribution in [3.8, 4) is 0 Å². The summed E-state index contributed by atoms with van der Waals surface area (Å²) in [6, 6.07) is 9.10. The zero-order valence-corrected chi connectivity index (χ0v) is 13.5. The minimum Gasteiger partial charge on any atom is -0.322 e. The number of amides is 1. The van der Waals surface area contributed by atoms with Crippen LogP contribution in [0.1, 0.15) is 10.4 Å². The predicted octanol–water partition coefficient (Wildman–Crippen LogP) is 3.77. The first-order valence-corrected chi connectivity index (χ1v) is 8.68. The van der Waals surface area contributed by atoms with Gasteiger partial charge >= 0.3 is 0 Å². The zero-order chi connectivity index (χ0) is 15.6. The Morgan fingerprint density at radius 1 is 1.14 bits per heavy atom. The first-order valence-electron chi connectivity index (χ1n) is 5.58. The summed E-state index contributed by atoms with van der Waals surface area (Å²) < 4.78 is 35.8. The van der Waals surface area contributed by atoms with E-state index in [9.17, 15) is 17.6 Å². The minimum absolute atomic E-state index is 0.0735. The Morgan fingerprint density at radius 2 is 1.76 bits per heavy atom. The lowest BCUT2D eigenvalue weighted by molar-refractivity contribution is 0.102. The highest BCUT2D eigenvalue weighted by atomic mass is 79.9. The fourth-order valence-electron chi connectivity index (χ4n) is 1.59. The number of carbonyl (C=O) groups is 1. The molecule has 0 heterocycles. The van der Waals surface area contributed by atoms with Gasteiger partial charge in [-0.25, -0.2) is 12.8 Å². The van der Waals surface area contributed by atoms with Crippen molar-refractivity contribution in [2.24, 2.45) is 0 Å². The molecule has 0 radical (unpaired) electrons. The van der Waals surface area contributed by atoms with E-state index in [2.05, 4.69) is 21.2 Å². The highest BCUT2D eigenvalue weighted by molar-refractivity contribution is 9.10. The molecule has 0 saturated heterocycles. The van der Waals surface area contributed by atoms with Crippen LogP contribution in [0.4, 0.5) is 10.1 Å². The number of rotatable bonds is 3. The Morgan fingerprint density at radius 3 is 2.29 bits per heavy atom. The summed E-state index contributed by atoms with van der Waals surface area (Å²) in [6.45, 7) is 0. The van der Waals surface area contributed by atoms with Crippen LogP contribution in [0, 0.1) is 5.82 Å². The topological polar surface area (TPSA) is 63.2 Å². The molecule has 0 fully saturated rings. The Bertz CT molecular complexity index is 773. The summed E-state index contributed by atoms with van der Waals surface area (Å²) in [7, 11) is 1.38. The molecule has 0 unspecified atom stereocenters. The minimum atomic E-state index is -3.81. The molecule has 4 nitrogen and oxygen atoms in total. The monoisotopic (exact) mass is 391 g/mol. The van der Waals surface area contributed by atoms with Gasteiger partial charge < -0.3 is 5.32 Å². The van der Waals surface area contributed by atoms with Crippen LogP contribution in [0.5, 0.6) is 0 Å². The Kier molecular flexibility index (Phi) is 4.65. The molecule has 2 aromatic carbocycles. The number of benzene rings is 2. The van der Waals surface area contributed by atoms with Crippen molar-refractivity contribution in [1.82, 2.24) is 0 Å². The lowest BCUT2D eigenvalue weighted by atomic mass is 10.2. The van der Waals surface area contributed by atoms with Gasteiger partial charge in [-0.3, -0.25) is 4.79 Å². The van der Waals surface area contributed by atoms with Gasteiger partial charge in [0.1, 0.15) is 5.82 Å². The van der Waals surface area contributed by atoms with Crippen LogP contribution in [0.15, 0.2) is 51.8 Å². The molecule has 1 amide bonds. The molecular weight excluding hydrogens is 385 g/mol. The van der Waals surface area contributed by atoms with E-state index in [0.717, 1.165) is 6.07 Å². The highest BCUT2D eigenvalue weighted by Crippen LogP contribution is 2.19. The average molecular weight is 393 g/mol. The maximum Gasteiger partial charge on any atom is 0.261 e. The lowest BCUT2D eigenvalue weighted by Gasteiger charge is -2.06. The summed E-state index contributed by atoms with van der Waals surface area (Å²) in [5, 5.41) is 2.53. The molecule has 0 bridgehead atoms. The van der Waals surface area contributed by atoms with E-state index in [0.29, 0.717) is 10.2 Å². The van der Waals surface area contributed by atoms with Crippen molar-refractivity contribution < 1.29 is 17.6 Å². The molecule has 21 heavy (non-hydrogen) atoms. The first kappa shape index (κ1) is 15.9. The third-order valence-corrected chi connectivity index (χ3v) is 4.35. The largest absolute Gasteiger partial charge is 0.322 e. The summed E-state index contributed by atoms with van der Waals surface area (Å²) in [4.78, 5) is 11.9. The van der Waals surface area contributed by atoms with Crippen LogP contribution >= 0.6 is 26.6 Å². The van der Waals surface area contributed by atoms with Crippen molar-refractivity contribution in [2.75, 3.05) is 5.32 Å². The first-order chi connectivity index (χ1) is 9.75. The van der Waals surface area contributed by atoms with Gasteiger partial charge in [-0.05, 0) is 42.5 Å². The molecule has 0 spiro atoms. The molecular formula is C13H8BrClFNO3S. The van der Waals surface area contributed by atoms with Gasteiger partial charge in [0.15, 0.2) is 0 Å². The molecule has 0 atom stereocenters. The molecule has 110 valence electrons. The summed E-state index contributed by atoms with van der Waals surface area (Å²) in [6.07, 6.45) is 0. The maximum atomic E-state index is 13.2. The molecule has 1 N–H and O–H groups in total. The van der Waals surface area contributed by atoms with Crippen molar-refractivity contribution >= 4 is 47.3 Å². The van der Waals surface area contributed by atoms with E-state index < -0.39 is 20.8 Å². The number of anilines is 1. The van der Waals surface area contributed by atoms with Gasteiger partial charge in [0, 0.05) is 26.4 Å². The maximum absolute atomic E-state index is 13.2. The molecule has 0 aliphatic rings. The number of halogens is 3. The van der Waals surface area contributed by atoms with E-state index >= 15 is 0 Å². The van der Waals surface area contributed by atoms with E-state index in [-0.39, 0.29) is 10.5 Å². The van der Waals surface area contributed by atoms with Crippen LogP contribution in [-0.2, 0) is 9.05 Å². The van der Waals surface area contributed by atoms with Crippen LogP contribution in [0.25, 0.3) is 0 Å². The molecule has 2 rings (SSSR count). The van der Waals surface area contributed by atoms with Crippen molar-refractivity contribution in [1.29, 1.82) is 0 Å². The van der Waals surface area contributed by atoms with Gasteiger partial charge in [-0.15, -0.1) is 0 Å². The normalized spacial score (nSPS) is 11.2. The molecule has 0 aliphatic heterocycles. The lowest BCUT2D eigenvalue weighted by Crippen LogP contribution is -2.12. The molecule has 2 aromatic rings. The van der Waals surface area contributed by atoms with Gasteiger partial charge in [0.2, 0.25) is 0 Å². The summed E-state index contributed by atoms with van der Waals surface area (Å²) >= 11 is 3.10. The number of hydrogen-bond acceptors (Lipinski definition) is 3. The standard InChI is InChI=1S/C13H8BrClFNO3S/c14-9-5-8(6-10(16)7-9)13(18)17-11-1-3-12(4-2-11)21(15,19)20/h1-7H,(H,17,18). The fourth-order valence-corrected chi connectivity index (χ4v) is 2.82.